The van der Waals surface area contributed by atoms with E-state index in [-0.39, 0.29) is 0 Å². The zero-order chi connectivity index (χ0) is 11.4. The van der Waals surface area contributed by atoms with Gasteiger partial charge < -0.3 is 5.32 Å². The van der Waals surface area contributed by atoms with Crippen LogP contribution in [0.4, 0.5) is 5.69 Å². The predicted octanol–water partition coefficient (Wildman–Crippen LogP) is 3.79. The zero-order valence-corrected chi connectivity index (χ0v) is 9.24. The molecule has 0 saturated heterocycles. The lowest BCUT2D eigenvalue weighted by Crippen LogP contribution is -2.07. The smallest absolute Gasteiger partial charge is 0.0416 e. The third kappa shape index (κ3) is 1.98. The van der Waals surface area contributed by atoms with Crippen LogP contribution >= 0.6 is 0 Å². The highest BCUT2D eigenvalue weighted by molar-refractivity contribution is 5.70. The van der Waals surface area contributed by atoms with Crippen LogP contribution in [-0.2, 0) is 0 Å². The van der Waals surface area contributed by atoms with Crippen LogP contribution in [0.2, 0.25) is 0 Å². The van der Waals surface area contributed by atoms with E-state index in [9.17, 15) is 0 Å². The van der Waals surface area contributed by atoms with Crippen molar-refractivity contribution in [3.8, 4) is 0 Å². The Kier molecular flexibility index (Phi) is 3.06. The summed E-state index contributed by atoms with van der Waals surface area (Å²) in [5, 5.41) is 3.40. The van der Waals surface area contributed by atoms with E-state index in [2.05, 4.69) is 42.8 Å². The number of anilines is 1. The third-order valence-corrected chi connectivity index (χ3v) is 2.71. The van der Waals surface area contributed by atoms with E-state index in [1.54, 1.807) is 0 Å². The Balaban J connectivity index is 2.46. The van der Waals surface area contributed by atoms with Gasteiger partial charge in [-0.05, 0) is 22.8 Å². The number of benzene rings is 1. The fraction of sp³-hybridized carbons (Fsp3) is 0.0667. The lowest BCUT2D eigenvalue weighted by atomic mass is 10.0. The van der Waals surface area contributed by atoms with Crippen LogP contribution in [0, 0.1) is 0 Å². The lowest BCUT2D eigenvalue weighted by Gasteiger charge is -2.14. The van der Waals surface area contributed by atoms with Gasteiger partial charge in [-0.25, -0.2) is 0 Å². The molecule has 1 aliphatic heterocycles. The Labute approximate surface area is 96.5 Å². The number of nitrogens with one attached hydrogen (secondary N) is 1. The number of fused-ring (bicyclic) bond motifs is 1. The highest BCUT2D eigenvalue weighted by Crippen LogP contribution is 2.22. The second-order valence-corrected chi connectivity index (χ2v) is 3.66. The van der Waals surface area contributed by atoms with Crippen LogP contribution in [0.15, 0.2) is 66.8 Å². The molecule has 1 aliphatic rings. The summed E-state index contributed by atoms with van der Waals surface area (Å²) in [6, 6.07) is 8.25. The molecule has 2 rings (SSSR count). The first-order chi connectivity index (χ1) is 7.85. The third-order valence-electron chi connectivity index (χ3n) is 2.71. The maximum absolute atomic E-state index is 3.83. The van der Waals surface area contributed by atoms with E-state index >= 15 is 0 Å². The number of hydrogen-bond donors (Lipinski definition) is 1. The molecule has 1 heterocycles. The number of rotatable bonds is 2. The SMILES string of the molecule is C=CC1=C(\C=C)CNc2ccccc2/C=C\1. The monoisotopic (exact) mass is 209 g/mol. The first-order valence-corrected chi connectivity index (χ1v) is 5.34. The number of allylic oxidation sites excluding steroid dienone is 3. The molecule has 80 valence electrons. The van der Waals surface area contributed by atoms with Crippen LogP contribution in [0.1, 0.15) is 5.56 Å². The molecule has 0 spiro atoms. The lowest BCUT2D eigenvalue weighted by molar-refractivity contribution is 1.23. The average Bonchev–Trinajstić information content (AvgIpc) is 2.31. The van der Waals surface area contributed by atoms with Crippen molar-refractivity contribution in [1.82, 2.24) is 0 Å². The van der Waals surface area contributed by atoms with Gasteiger partial charge >= 0.3 is 0 Å². The van der Waals surface area contributed by atoms with Gasteiger partial charge in [-0.2, -0.15) is 0 Å². The van der Waals surface area contributed by atoms with Gasteiger partial charge in [0.2, 0.25) is 0 Å². The minimum Gasteiger partial charge on any atom is -0.380 e. The molecule has 1 aromatic carbocycles. The van der Waals surface area contributed by atoms with Crippen molar-refractivity contribution in [3.63, 3.8) is 0 Å². The van der Waals surface area contributed by atoms with E-state index in [4.69, 9.17) is 0 Å². The van der Waals surface area contributed by atoms with Crippen molar-refractivity contribution in [2.45, 2.75) is 0 Å². The summed E-state index contributed by atoms with van der Waals surface area (Å²) in [6.07, 6.45) is 7.93. The highest BCUT2D eigenvalue weighted by Gasteiger charge is 2.04. The Morgan fingerprint density at radius 3 is 2.62 bits per heavy atom. The Hall–Kier alpha value is -2.02. The standard InChI is InChI=1S/C15H15N/c1-3-12-9-10-14-7-5-6-8-15(14)16-11-13(12)4-2/h3-10,16H,1-2,11H2/b10-9-,13-12-. The van der Waals surface area contributed by atoms with Crippen molar-refractivity contribution in [1.29, 1.82) is 0 Å². The first-order valence-electron chi connectivity index (χ1n) is 5.34. The Morgan fingerprint density at radius 1 is 1.06 bits per heavy atom. The van der Waals surface area contributed by atoms with Gasteiger partial charge in [0.25, 0.3) is 0 Å². The molecule has 1 heteroatoms. The molecule has 0 saturated carbocycles. The molecule has 0 fully saturated rings. The van der Waals surface area contributed by atoms with Gasteiger partial charge in [0, 0.05) is 12.2 Å². The van der Waals surface area contributed by atoms with Gasteiger partial charge in [-0.3, -0.25) is 0 Å². The summed E-state index contributed by atoms with van der Waals surface area (Å²) in [5.74, 6) is 0. The highest BCUT2D eigenvalue weighted by atomic mass is 14.9. The molecular formula is C15H15N. The molecule has 0 aliphatic carbocycles. The van der Waals surface area contributed by atoms with E-state index in [1.165, 1.54) is 11.1 Å². The summed E-state index contributed by atoms with van der Waals surface area (Å²) < 4.78 is 0. The van der Waals surface area contributed by atoms with Crippen LogP contribution in [0.3, 0.4) is 0 Å². The molecule has 1 aromatic rings. The molecule has 0 bridgehead atoms. The van der Waals surface area contributed by atoms with Crippen LogP contribution in [0.5, 0.6) is 0 Å². The Morgan fingerprint density at radius 2 is 1.88 bits per heavy atom. The first kappa shape index (κ1) is 10.5. The topological polar surface area (TPSA) is 12.0 Å². The second kappa shape index (κ2) is 4.67. The van der Waals surface area contributed by atoms with Gasteiger partial charge in [-0.1, -0.05) is 55.7 Å². The summed E-state index contributed by atoms with van der Waals surface area (Å²) in [7, 11) is 0. The largest absolute Gasteiger partial charge is 0.380 e. The minimum atomic E-state index is 0.784. The van der Waals surface area contributed by atoms with E-state index in [0.717, 1.165) is 17.8 Å². The molecule has 0 aromatic heterocycles. The van der Waals surface area contributed by atoms with Crippen molar-refractivity contribution >= 4 is 11.8 Å². The predicted molar refractivity (Wildman–Crippen MR) is 71.4 cm³/mol. The van der Waals surface area contributed by atoms with Crippen molar-refractivity contribution in [2.24, 2.45) is 0 Å². The normalized spacial score (nSPS) is 21.0. The van der Waals surface area contributed by atoms with Crippen molar-refractivity contribution in [2.75, 3.05) is 11.9 Å². The summed E-state index contributed by atoms with van der Waals surface area (Å²) >= 11 is 0. The van der Waals surface area contributed by atoms with Gasteiger partial charge in [-0.15, -0.1) is 0 Å². The number of hydrogen-bond acceptors (Lipinski definition) is 1. The van der Waals surface area contributed by atoms with E-state index in [0.29, 0.717) is 0 Å². The van der Waals surface area contributed by atoms with E-state index in [1.807, 2.05) is 24.3 Å². The molecule has 1 N–H and O–H groups in total. The molecule has 0 unspecified atom stereocenters. The Bertz CT molecular complexity index is 478. The maximum atomic E-state index is 3.83. The van der Waals surface area contributed by atoms with Gasteiger partial charge in [0.05, 0.1) is 0 Å². The van der Waals surface area contributed by atoms with Crippen LogP contribution in [-0.4, -0.2) is 6.54 Å². The average molecular weight is 209 g/mol. The van der Waals surface area contributed by atoms with Crippen molar-refractivity contribution < 1.29 is 0 Å². The fourth-order valence-corrected chi connectivity index (χ4v) is 1.77. The summed E-state index contributed by atoms with van der Waals surface area (Å²) in [6.45, 7) is 8.44. The molecule has 16 heavy (non-hydrogen) atoms. The zero-order valence-electron chi connectivity index (χ0n) is 9.24. The molecule has 0 radical (unpaired) electrons. The fourth-order valence-electron chi connectivity index (χ4n) is 1.77. The summed E-state index contributed by atoms with van der Waals surface area (Å²) in [4.78, 5) is 0. The quantitative estimate of drug-likeness (QED) is 0.781. The van der Waals surface area contributed by atoms with E-state index < -0.39 is 0 Å². The van der Waals surface area contributed by atoms with Gasteiger partial charge in [0.1, 0.15) is 0 Å². The molecular weight excluding hydrogens is 194 g/mol. The van der Waals surface area contributed by atoms with Crippen LogP contribution < -0.4 is 5.32 Å². The molecule has 0 amide bonds. The van der Waals surface area contributed by atoms with Gasteiger partial charge in [0.15, 0.2) is 0 Å². The van der Waals surface area contributed by atoms with Crippen LogP contribution in [0.25, 0.3) is 6.08 Å². The molecule has 0 atom stereocenters. The molecule has 1 nitrogen and oxygen atoms in total. The minimum absolute atomic E-state index is 0.784. The summed E-state index contributed by atoms with van der Waals surface area (Å²) in [5.41, 5.74) is 4.64. The maximum Gasteiger partial charge on any atom is 0.0416 e. The number of para-hydroxylation sites is 1. The van der Waals surface area contributed by atoms with Crippen molar-refractivity contribution in [3.05, 3.63) is 72.4 Å². The second-order valence-electron chi connectivity index (χ2n) is 3.66.